The SMILES string of the molecule is CNc1ncnc2c1ncn2[C@@H]1O[C@H](COP(=O)(O)OP(=O)(O)OP(=O)(O)OC[C@H]2O[C@@H]([n+]3cn(C)c4c(=O)[nH]c(N)nc43)[C@H](O)[C@@H]2COC)[C@@H](P(=O)(O)OC[C@H]2O[C@@H](n3ccc(=O)[nH]c3=O)[C@H](O)[C@@H]2O)[C@H]1OC. The van der Waals surface area contributed by atoms with Crippen LogP contribution in [0.3, 0.4) is 0 Å². The van der Waals surface area contributed by atoms with E-state index in [1.54, 1.807) is 0 Å². The molecule has 4 unspecified atom stereocenters. The Hall–Kier alpha value is -4.58. The van der Waals surface area contributed by atoms with Crippen LogP contribution in [0.2, 0.25) is 0 Å². The van der Waals surface area contributed by atoms with Gasteiger partial charge in [-0.1, -0.05) is 4.98 Å². The van der Waals surface area contributed by atoms with Crippen molar-refractivity contribution in [3.05, 3.63) is 62.4 Å². The van der Waals surface area contributed by atoms with Crippen molar-refractivity contribution in [1.82, 2.24) is 43.6 Å². The van der Waals surface area contributed by atoms with Gasteiger partial charge in [0.1, 0.15) is 54.1 Å². The van der Waals surface area contributed by atoms with Gasteiger partial charge in [-0.05, 0) is 0 Å². The minimum absolute atomic E-state index is 0.0189. The average Bonchev–Trinajstić information content (AvgIpc) is 4.12. The van der Waals surface area contributed by atoms with Crippen molar-refractivity contribution in [2.24, 2.45) is 13.0 Å². The maximum absolute atomic E-state index is 14.3. The van der Waals surface area contributed by atoms with Crippen LogP contribution in [0.15, 0.2) is 45.6 Å². The van der Waals surface area contributed by atoms with Crippen LogP contribution >= 0.6 is 31.1 Å². The number of phosphoric ester groups is 2. The number of aliphatic hydroxyl groups is 3. The van der Waals surface area contributed by atoms with Gasteiger partial charge in [-0.2, -0.15) is 8.62 Å². The van der Waals surface area contributed by atoms with E-state index in [9.17, 15) is 67.5 Å². The lowest BCUT2D eigenvalue weighted by molar-refractivity contribution is -0.745. The van der Waals surface area contributed by atoms with Gasteiger partial charge in [0, 0.05) is 39.4 Å². The second-order valence-electron chi connectivity index (χ2n) is 16.6. The van der Waals surface area contributed by atoms with E-state index in [1.165, 1.54) is 47.6 Å². The predicted octanol–water partition coefficient (Wildman–Crippen LogP) is -3.45. The second kappa shape index (κ2) is 21.4. The molecule has 36 nitrogen and oxygen atoms in total. The molecule has 3 aliphatic rings. The fraction of sp³-hybridized carbons (Fsp3) is 0.588. The molecule has 12 N–H and O–H groups in total. The van der Waals surface area contributed by atoms with Crippen LogP contribution in [0.25, 0.3) is 22.3 Å². The Bertz CT molecular complexity index is 3260. The number of aromatic amines is 2. The zero-order valence-corrected chi connectivity index (χ0v) is 42.2. The number of nitrogens with one attached hydrogen (secondary N) is 3. The number of H-pyrrole nitrogens is 2. The Morgan fingerprint density at radius 2 is 1.47 bits per heavy atom. The van der Waals surface area contributed by atoms with Crippen LogP contribution in [0, 0.1) is 5.92 Å². The lowest BCUT2D eigenvalue weighted by Crippen LogP contribution is -2.45. The van der Waals surface area contributed by atoms with Gasteiger partial charge in [-0.3, -0.25) is 46.9 Å². The summed E-state index contributed by atoms with van der Waals surface area (Å²) in [5.41, 5.74) is 1.61. The van der Waals surface area contributed by atoms with Gasteiger partial charge in [0.2, 0.25) is 11.7 Å². The Morgan fingerprint density at radius 1 is 0.811 bits per heavy atom. The second-order valence-corrected chi connectivity index (χ2v) is 23.2. The first-order valence-corrected chi connectivity index (χ1v) is 27.5. The van der Waals surface area contributed by atoms with Crippen molar-refractivity contribution in [1.29, 1.82) is 0 Å². The maximum atomic E-state index is 14.3. The van der Waals surface area contributed by atoms with Crippen molar-refractivity contribution < 1.29 is 104 Å². The summed E-state index contributed by atoms with van der Waals surface area (Å²) in [7, 11) is -17.9. The van der Waals surface area contributed by atoms with Crippen LogP contribution in [0.5, 0.6) is 0 Å². The van der Waals surface area contributed by atoms with Gasteiger partial charge in [0.15, 0.2) is 30.2 Å². The molecule has 0 radical (unpaired) electrons. The highest BCUT2D eigenvalue weighted by atomic mass is 31.3. The van der Waals surface area contributed by atoms with Crippen LogP contribution in [0.1, 0.15) is 18.7 Å². The number of rotatable bonds is 21. The van der Waals surface area contributed by atoms with Gasteiger partial charge in [0.05, 0.1) is 45.9 Å². The third kappa shape index (κ3) is 11.3. The molecule has 8 rings (SSSR count). The molecule has 0 aliphatic carbocycles. The van der Waals surface area contributed by atoms with Gasteiger partial charge in [-0.15, -0.1) is 0 Å². The molecule has 3 aliphatic heterocycles. The number of fused-ring (bicyclic) bond motifs is 2. The molecule has 0 saturated carbocycles. The van der Waals surface area contributed by atoms with Crippen molar-refractivity contribution in [2.75, 3.05) is 58.7 Å². The molecule has 3 saturated heterocycles. The molecule has 5 aromatic rings. The fourth-order valence-corrected chi connectivity index (χ4v) is 13.9. The van der Waals surface area contributed by atoms with Crippen molar-refractivity contribution in [3.63, 3.8) is 0 Å². The van der Waals surface area contributed by atoms with Crippen molar-refractivity contribution >= 4 is 65.2 Å². The highest BCUT2D eigenvalue weighted by Gasteiger charge is 2.58. The summed E-state index contributed by atoms with van der Waals surface area (Å²) in [6.45, 7) is -3.48. The number of nitrogen functional groups attached to an aromatic ring is 1. The number of anilines is 2. The monoisotopic (exact) mass is 1130 g/mol. The maximum Gasteiger partial charge on any atom is 0.490 e. The number of ether oxygens (including phenoxy) is 5. The molecular weight excluding hydrogens is 1080 g/mol. The minimum Gasteiger partial charge on any atom is -0.387 e. The molecule has 0 spiro atoms. The summed E-state index contributed by atoms with van der Waals surface area (Å²) in [6.07, 6.45) is -11.4. The zero-order chi connectivity index (χ0) is 53.8. The number of hydrogen-bond donors (Lipinski definition) is 11. The highest BCUT2D eigenvalue weighted by molar-refractivity contribution is 7.66. The normalized spacial score (nSPS) is 30.6. The number of nitrogens with zero attached hydrogens (tertiary/aromatic N) is 8. The molecule has 0 aromatic carbocycles. The third-order valence-corrected chi connectivity index (χ3v) is 18.0. The Morgan fingerprint density at radius 3 is 2.12 bits per heavy atom. The van der Waals surface area contributed by atoms with Crippen LogP contribution < -0.4 is 32.4 Å². The molecule has 5 aromatic heterocycles. The number of aryl methyl sites for hydroxylation is 1. The molecule has 0 amide bonds. The van der Waals surface area contributed by atoms with Gasteiger partial charge >= 0.3 is 42.4 Å². The van der Waals surface area contributed by atoms with Gasteiger partial charge in [0.25, 0.3) is 17.1 Å². The molecule has 16 atom stereocenters. The largest absolute Gasteiger partial charge is 0.490 e. The Balaban J connectivity index is 0.964. The van der Waals surface area contributed by atoms with E-state index in [-0.39, 0.29) is 40.7 Å². The lowest BCUT2D eigenvalue weighted by atomic mass is 9.99. The first kappa shape index (κ1) is 55.6. The van der Waals surface area contributed by atoms with E-state index in [4.69, 9.17) is 43.0 Å². The van der Waals surface area contributed by atoms with E-state index < -0.39 is 141 Å². The minimum atomic E-state index is -6.19. The van der Waals surface area contributed by atoms with Crippen LogP contribution in [-0.4, -0.2) is 175 Å². The predicted molar refractivity (Wildman–Crippen MR) is 241 cm³/mol. The summed E-state index contributed by atoms with van der Waals surface area (Å²) < 4.78 is 111. The van der Waals surface area contributed by atoms with Crippen molar-refractivity contribution in [2.45, 2.75) is 67.1 Å². The average molecular weight is 1130 g/mol. The molecular formula is C34H49N12O24P4+. The number of phosphoric acid groups is 3. The van der Waals surface area contributed by atoms with E-state index in [0.29, 0.717) is 0 Å². The van der Waals surface area contributed by atoms with Crippen LogP contribution in [-0.2, 0) is 71.2 Å². The summed E-state index contributed by atoms with van der Waals surface area (Å²) in [6, 6.07) is 0.932. The summed E-state index contributed by atoms with van der Waals surface area (Å²) in [5.74, 6) is -1.06. The quantitative estimate of drug-likeness (QED) is 0.0251. The summed E-state index contributed by atoms with van der Waals surface area (Å²) >= 11 is 0. The molecule has 8 heterocycles. The zero-order valence-electron chi connectivity index (χ0n) is 38.7. The summed E-state index contributed by atoms with van der Waals surface area (Å²) in [4.78, 5) is 101. The summed E-state index contributed by atoms with van der Waals surface area (Å²) in [5, 5.41) is 35.6. The van der Waals surface area contributed by atoms with E-state index in [0.717, 1.165) is 30.3 Å². The smallest absolute Gasteiger partial charge is 0.387 e. The van der Waals surface area contributed by atoms with Gasteiger partial charge < -0.3 is 74.2 Å². The molecule has 0 bridgehead atoms. The Labute approximate surface area is 412 Å². The lowest BCUT2D eigenvalue weighted by Gasteiger charge is -2.28. The number of hydrogen-bond acceptors (Lipinski definition) is 26. The highest BCUT2D eigenvalue weighted by Crippen LogP contribution is 2.68. The molecule has 408 valence electrons. The first-order chi connectivity index (χ1) is 34.8. The molecule has 74 heavy (non-hydrogen) atoms. The Kier molecular flexibility index (Phi) is 16.1. The number of imidazole rings is 2. The van der Waals surface area contributed by atoms with E-state index >= 15 is 0 Å². The first-order valence-electron chi connectivity index (χ1n) is 21.4. The number of aromatic nitrogens is 10. The standard InChI is InChI=1S/C34H48N12O24P4/c1-36-26-19-27(38-11-37-26)45(12-39-19)32-24(62-4)25(71(53,54)63-9-16-22(49)23(50)31(67-16)44-6-5-18(47)40-34(44)52)17(68-32)10-65-73(57,58)70-74(59,60)69-72(55,56)64-8-15-14(7-61-3)21(48)30(66-15)46-13-43(2)20-28(46)41-33(35)42-29(20)51/h5-6,11-17,21-25,30-32,48-50H,7-10H2,1-4H3,(H8-,35,36,37,38,40,41,42,47,51,52,53,54,55,56,57,58,59,60)/p+1/t14-,15-,16-,17-,21-,22-,23-,24-,25-,30-,31-,32-/m1/s1. The van der Waals surface area contributed by atoms with E-state index in [2.05, 4.69) is 38.9 Å². The van der Waals surface area contributed by atoms with Crippen molar-refractivity contribution in [3.8, 4) is 0 Å². The van der Waals surface area contributed by atoms with Crippen LogP contribution in [0.4, 0.5) is 11.8 Å². The van der Waals surface area contributed by atoms with Gasteiger partial charge in [-0.25, -0.2) is 38.0 Å². The number of methoxy groups -OCH3 is 2. The third-order valence-electron chi connectivity index (χ3n) is 11.9. The molecule has 3 fully saturated rings. The fourth-order valence-electron chi connectivity index (χ4n) is 8.64. The number of nitrogens with two attached hydrogens (primary N) is 1. The van der Waals surface area contributed by atoms with E-state index in [1.807, 2.05) is 4.98 Å². The molecule has 40 heteroatoms. The topological polar surface area (TPSA) is 493 Å². The number of aliphatic hydroxyl groups excluding tert-OH is 3.